The van der Waals surface area contributed by atoms with Crippen LogP contribution in [-0.4, -0.2) is 30.6 Å². The van der Waals surface area contributed by atoms with Crippen molar-refractivity contribution in [1.29, 1.82) is 0 Å². The minimum absolute atomic E-state index is 0.440. The van der Waals surface area contributed by atoms with E-state index in [1.54, 1.807) is 0 Å². The summed E-state index contributed by atoms with van der Waals surface area (Å²) in [4.78, 5) is 2.58. The Morgan fingerprint density at radius 3 is 2.63 bits per heavy atom. The summed E-state index contributed by atoms with van der Waals surface area (Å²) in [7, 11) is 0. The van der Waals surface area contributed by atoms with Crippen molar-refractivity contribution in [2.45, 2.75) is 32.9 Å². The lowest BCUT2D eigenvalue weighted by molar-refractivity contribution is 0.109. The highest BCUT2D eigenvalue weighted by Crippen LogP contribution is 2.23. The van der Waals surface area contributed by atoms with Crippen molar-refractivity contribution in [3.63, 3.8) is 0 Å². The Morgan fingerprint density at radius 2 is 2.05 bits per heavy atom. The van der Waals surface area contributed by atoms with Gasteiger partial charge < -0.3 is 5.32 Å². The van der Waals surface area contributed by atoms with Crippen LogP contribution in [0.4, 0.5) is 0 Å². The molecule has 1 fully saturated rings. The SMILES string of the molecule is C=C(C)CN1CC(c2ccccc2)NCC1C(C)C. The molecule has 0 bridgehead atoms. The zero-order valence-corrected chi connectivity index (χ0v) is 12.4. The number of rotatable bonds is 4. The van der Waals surface area contributed by atoms with E-state index in [-0.39, 0.29) is 0 Å². The molecule has 1 aromatic rings. The third-order valence-corrected chi connectivity index (χ3v) is 3.90. The van der Waals surface area contributed by atoms with Gasteiger partial charge in [-0.05, 0) is 18.4 Å². The van der Waals surface area contributed by atoms with Crippen LogP contribution < -0.4 is 5.32 Å². The van der Waals surface area contributed by atoms with Crippen molar-refractivity contribution in [1.82, 2.24) is 10.2 Å². The van der Waals surface area contributed by atoms with Gasteiger partial charge in [0.05, 0.1) is 0 Å². The molecule has 0 radical (unpaired) electrons. The van der Waals surface area contributed by atoms with E-state index in [1.165, 1.54) is 11.1 Å². The second-order valence-corrected chi connectivity index (χ2v) is 6.07. The summed E-state index contributed by atoms with van der Waals surface area (Å²) >= 11 is 0. The highest BCUT2D eigenvalue weighted by molar-refractivity contribution is 5.20. The Labute approximate surface area is 117 Å². The van der Waals surface area contributed by atoms with Crippen molar-refractivity contribution in [2.75, 3.05) is 19.6 Å². The summed E-state index contributed by atoms with van der Waals surface area (Å²) in [6.45, 7) is 13.9. The summed E-state index contributed by atoms with van der Waals surface area (Å²) in [6.07, 6.45) is 0. The number of nitrogens with one attached hydrogen (secondary N) is 1. The Hall–Kier alpha value is -1.12. The zero-order chi connectivity index (χ0) is 13.8. The molecule has 19 heavy (non-hydrogen) atoms. The molecule has 0 spiro atoms. The predicted molar refractivity (Wildman–Crippen MR) is 82.2 cm³/mol. The van der Waals surface area contributed by atoms with Gasteiger partial charge in [-0.25, -0.2) is 0 Å². The fourth-order valence-corrected chi connectivity index (χ4v) is 2.92. The molecule has 1 aliphatic rings. The van der Waals surface area contributed by atoms with Gasteiger partial charge in [0.1, 0.15) is 0 Å². The van der Waals surface area contributed by atoms with Crippen LogP contribution in [0.3, 0.4) is 0 Å². The van der Waals surface area contributed by atoms with Gasteiger partial charge >= 0.3 is 0 Å². The second-order valence-electron chi connectivity index (χ2n) is 6.07. The third-order valence-electron chi connectivity index (χ3n) is 3.90. The average Bonchev–Trinajstić information content (AvgIpc) is 2.38. The fraction of sp³-hybridized carbons (Fsp3) is 0.529. The zero-order valence-electron chi connectivity index (χ0n) is 12.4. The Kier molecular flexibility index (Phi) is 4.78. The molecule has 2 atom stereocenters. The largest absolute Gasteiger partial charge is 0.307 e. The van der Waals surface area contributed by atoms with Crippen molar-refractivity contribution in [3.8, 4) is 0 Å². The van der Waals surface area contributed by atoms with Crippen molar-refractivity contribution in [3.05, 3.63) is 48.0 Å². The van der Waals surface area contributed by atoms with E-state index in [9.17, 15) is 0 Å². The lowest BCUT2D eigenvalue weighted by Gasteiger charge is -2.42. The van der Waals surface area contributed by atoms with Gasteiger partial charge in [0, 0.05) is 31.7 Å². The number of benzene rings is 1. The van der Waals surface area contributed by atoms with Gasteiger partial charge in [-0.3, -0.25) is 4.90 Å². The van der Waals surface area contributed by atoms with Gasteiger partial charge in [0.2, 0.25) is 0 Å². The van der Waals surface area contributed by atoms with Crippen LogP contribution in [0.15, 0.2) is 42.5 Å². The average molecular weight is 258 g/mol. The first-order chi connectivity index (χ1) is 9.08. The molecule has 0 saturated carbocycles. The summed E-state index contributed by atoms with van der Waals surface area (Å²) in [5.74, 6) is 0.670. The molecule has 2 nitrogen and oxygen atoms in total. The Bertz CT molecular complexity index is 411. The first kappa shape index (κ1) is 14.3. The number of hydrogen-bond donors (Lipinski definition) is 1. The van der Waals surface area contributed by atoms with Crippen LogP contribution in [0.1, 0.15) is 32.4 Å². The minimum atomic E-state index is 0.440. The molecule has 1 heterocycles. The maximum Gasteiger partial charge on any atom is 0.0450 e. The van der Waals surface area contributed by atoms with Gasteiger partial charge in [0.25, 0.3) is 0 Å². The van der Waals surface area contributed by atoms with Crippen molar-refractivity contribution in [2.24, 2.45) is 5.92 Å². The monoisotopic (exact) mass is 258 g/mol. The van der Waals surface area contributed by atoms with Gasteiger partial charge in [-0.1, -0.05) is 56.3 Å². The quantitative estimate of drug-likeness (QED) is 0.834. The van der Waals surface area contributed by atoms with E-state index in [1.807, 2.05) is 0 Å². The first-order valence-corrected chi connectivity index (χ1v) is 7.24. The van der Waals surface area contributed by atoms with Crippen LogP contribution >= 0.6 is 0 Å². The maximum absolute atomic E-state index is 4.08. The molecule has 1 aromatic carbocycles. The molecule has 0 aliphatic carbocycles. The third kappa shape index (κ3) is 3.68. The highest BCUT2D eigenvalue weighted by atomic mass is 15.2. The molecule has 1 aliphatic heterocycles. The molecule has 2 heteroatoms. The molecule has 1 saturated heterocycles. The number of piperazine rings is 1. The van der Waals surface area contributed by atoms with E-state index in [0.29, 0.717) is 18.0 Å². The Balaban J connectivity index is 2.10. The molecule has 0 amide bonds. The molecule has 2 unspecified atom stereocenters. The summed E-state index contributed by atoms with van der Waals surface area (Å²) in [5, 5.41) is 3.70. The number of nitrogens with zero attached hydrogens (tertiary/aromatic N) is 1. The summed E-state index contributed by atoms with van der Waals surface area (Å²) in [5.41, 5.74) is 2.63. The molecule has 104 valence electrons. The van der Waals surface area contributed by atoms with Gasteiger partial charge in [-0.15, -0.1) is 0 Å². The molecular formula is C17H26N2. The second kappa shape index (κ2) is 6.36. The first-order valence-electron chi connectivity index (χ1n) is 7.24. The van der Waals surface area contributed by atoms with E-state index in [2.05, 4.69) is 67.9 Å². The maximum atomic E-state index is 4.08. The fourth-order valence-electron chi connectivity index (χ4n) is 2.92. The normalized spacial score (nSPS) is 24.6. The standard InChI is InChI=1S/C17H26N2/c1-13(2)11-19-12-16(15-8-6-5-7-9-15)18-10-17(19)14(3)4/h5-9,14,16-18H,1,10-12H2,2-4H3. The molecule has 2 rings (SSSR count). The molecular weight excluding hydrogens is 232 g/mol. The Morgan fingerprint density at radius 1 is 1.37 bits per heavy atom. The van der Waals surface area contributed by atoms with Crippen LogP contribution in [0.2, 0.25) is 0 Å². The molecule has 0 aromatic heterocycles. The van der Waals surface area contributed by atoms with E-state index in [4.69, 9.17) is 0 Å². The van der Waals surface area contributed by atoms with E-state index < -0.39 is 0 Å². The minimum Gasteiger partial charge on any atom is -0.307 e. The van der Waals surface area contributed by atoms with Crippen LogP contribution in [-0.2, 0) is 0 Å². The highest BCUT2D eigenvalue weighted by Gasteiger charge is 2.30. The van der Waals surface area contributed by atoms with Crippen LogP contribution in [0.5, 0.6) is 0 Å². The topological polar surface area (TPSA) is 15.3 Å². The summed E-state index contributed by atoms with van der Waals surface area (Å²) in [6, 6.07) is 11.8. The van der Waals surface area contributed by atoms with E-state index >= 15 is 0 Å². The van der Waals surface area contributed by atoms with Crippen molar-refractivity contribution < 1.29 is 0 Å². The van der Waals surface area contributed by atoms with Crippen LogP contribution in [0, 0.1) is 5.92 Å². The van der Waals surface area contributed by atoms with Gasteiger partial charge in [-0.2, -0.15) is 0 Å². The smallest absolute Gasteiger partial charge is 0.0450 e. The lowest BCUT2D eigenvalue weighted by atomic mass is 9.95. The van der Waals surface area contributed by atoms with E-state index in [0.717, 1.165) is 19.6 Å². The van der Waals surface area contributed by atoms with Crippen molar-refractivity contribution >= 4 is 0 Å². The number of hydrogen-bond acceptors (Lipinski definition) is 2. The summed E-state index contributed by atoms with van der Waals surface area (Å²) < 4.78 is 0. The van der Waals surface area contributed by atoms with Crippen LogP contribution in [0.25, 0.3) is 0 Å². The lowest BCUT2D eigenvalue weighted by Crippen LogP contribution is -2.55. The predicted octanol–water partition coefficient (Wildman–Crippen LogP) is 3.23. The van der Waals surface area contributed by atoms with Gasteiger partial charge in [0.15, 0.2) is 0 Å². The molecule has 1 N–H and O–H groups in total.